The van der Waals surface area contributed by atoms with Gasteiger partial charge < -0.3 is 4.74 Å². The summed E-state index contributed by atoms with van der Waals surface area (Å²) in [6.07, 6.45) is 0.154. The summed E-state index contributed by atoms with van der Waals surface area (Å²) in [5.74, 6) is -0.661. The number of fused-ring (bicyclic) bond motifs is 2. The van der Waals surface area contributed by atoms with E-state index in [1.807, 2.05) is 0 Å². The number of amides is 2. The highest BCUT2D eigenvalue weighted by atomic mass is 79.9. The molecule has 2 amide bonds. The molecular formula is C12H15BrFNO3. The van der Waals surface area contributed by atoms with Crippen LogP contribution in [0.4, 0.5) is 9.18 Å². The number of halogens is 2. The Morgan fingerprint density at radius 2 is 2.17 bits per heavy atom. The molecule has 0 N–H and O–H groups in total. The van der Waals surface area contributed by atoms with Crippen molar-refractivity contribution in [2.75, 3.05) is 0 Å². The second kappa shape index (κ2) is 4.33. The number of ether oxygens (including phenoxy) is 1. The third kappa shape index (κ3) is 2.06. The Morgan fingerprint density at radius 3 is 2.61 bits per heavy atom. The average molecular weight is 320 g/mol. The zero-order valence-electron chi connectivity index (χ0n) is 10.4. The fourth-order valence-corrected chi connectivity index (χ4v) is 3.37. The molecular weight excluding hydrogens is 305 g/mol. The molecule has 2 fully saturated rings. The van der Waals surface area contributed by atoms with Gasteiger partial charge in [-0.05, 0) is 32.8 Å². The van der Waals surface area contributed by atoms with Crippen LogP contribution in [0.25, 0.3) is 0 Å². The van der Waals surface area contributed by atoms with Crippen LogP contribution >= 0.6 is 15.9 Å². The first kappa shape index (κ1) is 13.5. The molecule has 1 heterocycles. The fraction of sp³-hybridized carbons (Fsp3) is 0.667. The second-order valence-corrected chi connectivity index (χ2v) is 6.63. The van der Waals surface area contributed by atoms with Gasteiger partial charge in [-0.25, -0.2) is 14.1 Å². The van der Waals surface area contributed by atoms with Crippen molar-refractivity contribution in [1.82, 2.24) is 4.90 Å². The van der Waals surface area contributed by atoms with Crippen molar-refractivity contribution in [2.45, 2.75) is 43.7 Å². The van der Waals surface area contributed by atoms with Gasteiger partial charge in [-0.2, -0.15) is 0 Å². The number of piperidine rings is 1. The van der Waals surface area contributed by atoms with Crippen LogP contribution in [0.5, 0.6) is 0 Å². The van der Waals surface area contributed by atoms with Crippen LogP contribution in [0.2, 0.25) is 0 Å². The Bertz CT molecular complexity index is 430. The van der Waals surface area contributed by atoms with E-state index >= 15 is 0 Å². The van der Waals surface area contributed by atoms with Crippen molar-refractivity contribution >= 4 is 27.9 Å². The molecule has 1 aliphatic heterocycles. The van der Waals surface area contributed by atoms with Crippen LogP contribution in [0.15, 0.2) is 11.9 Å². The van der Waals surface area contributed by atoms with Gasteiger partial charge >= 0.3 is 6.09 Å². The van der Waals surface area contributed by atoms with Crippen molar-refractivity contribution in [3.8, 4) is 0 Å². The van der Waals surface area contributed by atoms with Crippen LogP contribution < -0.4 is 0 Å². The van der Waals surface area contributed by atoms with Gasteiger partial charge in [0.1, 0.15) is 5.60 Å². The molecule has 0 radical (unpaired) electrons. The van der Waals surface area contributed by atoms with Crippen LogP contribution in [-0.4, -0.2) is 33.4 Å². The third-order valence-corrected chi connectivity index (χ3v) is 4.22. The van der Waals surface area contributed by atoms with Crippen molar-refractivity contribution in [2.24, 2.45) is 5.92 Å². The summed E-state index contributed by atoms with van der Waals surface area (Å²) in [5, 5.41) is 0. The first-order chi connectivity index (χ1) is 8.26. The molecule has 0 aromatic rings. The number of hydrogen-bond donors (Lipinski definition) is 0. The Morgan fingerprint density at radius 1 is 1.56 bits per heavy atom. The number of imide groups is 1. The van der Waals surface area contributed by atoms with Gasteiger partial charge in [0.05, 0.1) is 23.1 Å². The number of likely N-dealkylation sites (tertiary alicyclic amines) is 1. The molecule has 1 saturated carbocycles. The van der Waals surface area contributed by atoms with Crippen LogP contribution in [-0.2, 0) is 9.53 Å². The quantitative estimate of drug-likeness (QED) is 0.645. The van der Waals surface area contributed by atoms with Gasteiger partial charge in [0.25, 0.3) is 0 Å². The molecule has 2 rings (SSSR count). The van der Waals surface area contributed by atoms with E-state index in [9.17, 15) is 14.0 Å². The summed E-state index contributed by atoms with van der Waals surface area (Å²) in [5.41, 5.74) is -0.215. The fourth-order valence-electron chi connectivity index (χ4n) is 2.38. The number of alkyl halides is 1. The first-order valence-corrected chi connectivity index (χ1v) is 6.67. The minimum atomic E-state index is -0.705. The zero-order chi connectivity index (χ0) is 13.7. The number of rotatable bonds is 0. The highest BCUT2D eigenvalue weighted by molar-refractivity contribution is 9.09. The van der Waals surface area contributed by atoms with Gasteiger partial charge in [-0.3, -0.25) is 4.79 Å². The Hall–Kier alpha value is -0.910. The molecule has 1 unspecified atom stereocenters. The maximum absolute atomic E-state index is 12.8. The maximum atomic E-state index is 12.8. The monoisotopic (exact) mass is 319 g/mol. The molecule has 6 heteroatoms. The van der Waals surface area contributed by atoms with E-state index in [0.29, 0.717) is 18.3 Å². The SMILES string of the molecule is CC(C)(C)OC(=O)N1C(=O)[C@H]2C/C(=C\F)[C@@H]1C2Br. The molecule has 0 spiro atoms. The van der Waals surface area contributed by atoms with E-state index in [0.717, 1.165) is 4.90 Å². The van der Waals surface area contributed by atoms with E-state index in [1.54, 1.807) is 20.8 Å². The molecule has 0 aromatic heterocycles. The van der Waals surface area contributed by atoms with Crippen molar-refractivity contribution in [3.63, 3.8) is 0 Å². The zero-order valence-corrected chi connectivity index (χ0v) is 12.0. The third-order valence-electron chi connectivity index (χ3n) is 3.08. The van der Waals surface area contributed by atoms with Gasteiger partial charge in [0.2, 0.25) is 5.91 Å². The molecule has 0 aromatic carbocycles. The molecule has 100 valence electrons. The molecule has 1 saturated heterocycles. The summed E-state index contributed by atoms with van der Waals surface area (Å²) < 4.78 is 17.9. The maximum Gasteiger partial charge on any atom is 0.417 e. The highest BCUT2D eigenvalue weighted by Crippen LogP contribution is 2.46. The summed E-state index contributed by atoms with van der Waals surface area (Å²) in [6, 6.07) is -0.553. The Kier molecular flexibility index (Phi) is 3.25. The number of carbonyl (C=O) groups is 2. The summed E-state index contributed by atoms with van der Waals surface area (Å²) in [4.78, 5) is 24.8. The van der Waals surface area contributed by atoms with Gasteiger partial charge in [0.15, 0.2) is 0 Å². The lowest BCUT2D eigenvalue weighted by Gasteiger charge is -2.29. The standard InChI is InChI=1S/C12H15BrFNO3/c1-12(2,3)18-11(17)15-9-6(5-14)4-7(8(9)13)10(15)16/h5,7-9H,4H2,1-3H3/b6-5+/t7-,8?,9+/m0/s1. The number of nitrogens with zero attached hydrogens (tertiary/aromatic N) is 1. The van der Waals surface area contributed by atoms with E-state index in [4.69, 9.17) is 4.74 Å². The Labute approximate surface area is 113 Å². The van der Waals surface area contributed by atoms with Crippen molar-refractivity contribution < 1.29 is 18.7 Å². The summed E-state index contributed by atoms with van der Waals surface area (Å²) >= 11 is 3.36. The highest BCUT2D eigenvalue weighted by Gasteiger charge is 2.57. The lowest BCUT2D eigenvalue weighted by atomic mass is 10.1. The number of carbonyl (C=O) groups excluding carboxylic acids is 2. The molecule has 2 bridgehead atoms. The molecule has 18 heavy (non-hydrogen) atoms. The lowest BCUT2D eigenvalue weighted by molar-refractivity contribution is -0.132. The van der Waals surface area contributed by atoms with Gasteiger partial charge in [0, 0.05) is 0 Å². The molecule has 1 aliphatic carbocycles. The Balaban J connectivity index is 2.24. The minimum absolute atomic E-state index is 0.223. The predicted octanol–water partition coefficient (Wildman–Crippen LogP) is 2.77. The van der Waals surface area contributed by atoms with Crippen LogP contribution in [0.1, 0.15) is 27.2 Å². The minimum Gasteiger partial charge on any atom is -0.443 e. The largest absolute Gasteiger partial charge is 0.443 e. The van der Waals surface area contributed by atoms with Gasteiger partial charge in [-0.15, -0.1) is 0 Å². The molecule has 4 nitrogen and oxygen atoms in total. The predicted molar refractivity (Wildman–Crippen MR) is 66.9 cm³/mol. The van der Waals surface area contributed by atoms with Gasteiger partial charge in [-0.1, -0.05) is 15.9 Å². The lowest BCUT2D eigenvalue weighted by Crippen LogP contribution is -2.46. The summed E-state index contributed by atoms with van der Waals surface area (Å²) in [7, 11) is 0. The van der Waals surface area contributed by atoms with Crippen molar-refractivity contribution in [1.29, 1.82) is 0 Å². The van der Waals surface area contributed by atoms with E-state index < -0.39 is 17.7 Å². The average Bonchev–Trinajstić information content (AvgIpc) is 2.66. The summed E-state index contributed by atoms with van der Waals surface area (Å²) in [6.45, 7) is 5.17. The normalized spacial score (nSPS) is 33.4. The van der Waals surface area contributed by atoms with Crippen LogP contribution in [0, 0.1) is 5.92 Å². The molecule has 3 atom stereocenters. The van der Waals surface area contributed by atoms with E-state index in [-0.39, 0.29) is 16.7 Å². The van der Waals surface area contributed by atoms with E-state index in [2.05, 4.69) is 15.9 Å². The van der Waals surface area contributed by atoms with Crippen LogP contribution in [0.3, 0.4) is 0 Å². The smallest absolute Gasteiger partial charge is 0.417 e. The van der Waals surface area contributed by atoms with Crippen molar-refractivity contribution in [3.05, 3.63) is 11.9 Å². The molecule has 2 aliphatic rings. The first-order valence-electron chi connectivity index (χ1n) is 5.75. The number of hydrogen-bond acceptors (Lipinski definition) is 3. The topological polar surface area (TPSA) is 46.6 Å². The second-order valence-electron chi connectivity index (χ2n) is 5.57. The van der Waals surface area contributed by atoms with E-state index in [1.165, 1.54) is 0 Å².